The lowest BCUT2D eigenvalue weighted by atomic mass is 10.2. The Morgan fingerprint density at radius 1 is 1.50 bits per heavy atom. The van der Waals surface area contributed by atoms with E-state index in [0.29, 0.717) is 12.4 Å². The van der Waals surface area contributed by atoms with Gasteiger partial charge in [0.05, 0.1) is 12.6 Å². The van der Waals surface area contributed by atoms with Gasteiger partial charge in [-0.25, -0.2) is 4.98 Å². The van der Waals surface area contributed by atoms with Crippen molar-refractivity contribution in [2.24, 2.45) is 0 Å². The first kappa shape index (κ1) is 13.2. The molecule has 0 aliphatic rings. The molecule has 0 N–H and O–H groups in total. The summed E-state index contributed by atoms with van der Waals surface area (Å²) in [5.74, 6) is 0.844. The molecule has 0 aromatic carbocycles. The van der Waals surface area contributed by atoms with Crippen LogP contribution in [-0.4, -0.2) is 22.8 Å². The second kappa shape index (κ2) is 5.46. The summed E-state index contributed by atoms with van der Waals surface area (Å²) in [5, 5.41) is 0.245. The van der Waals surface area contributed by atoms with Crippen molar-refractivity contribution in [1.82, 2.24) is 9.55 Å². The van der Waals surface area contributed by atoms with Crippen LogP contribution < -0.4 is 5.56 Å². The van der Waals surface area contributed by atoms with Gasteiger partial charge in [-0.1, -0.05) is 25.4 Å². The fourth-order valence-electron chi connectivity index (χ4n) is 1.45. The third-order valence-corrected chi connectivity index (χ3v) is 2.56. The van der Waals surface area contributed by atoms with Gasteiger partial charge in [-0.3, -0.25) is 9.36 Å². The largest absolute Gasteiger partial charge is 0.380 e. The zero-order valence-corrected chi connectivity index (χ0v) is 10.8. The Kier molecular flexibility index (Phi) is 4.50. The van der Waals surface area contributed by atoms with Crippen molar-refractivity contribution in [3.05, 3.63) is 27.4 Å². The van der Waals surface area contributed by atoms with E-state index >= 15 is 0 Å². The maximum absolute atomic E-state index is 11.8. The van der Waals surface area contributed by atoms with Crippen LogP contribution in [-0.2, 0) is 11.3 Å². The first-order chi connectivity index (χ1) is 7.45. The zero-order valence-electron chi connectivity index (χ0n) is 10.0. The molecule has 90 valence electrons. The van der Waals surface area contributed by atoms with E-state index in [0.717, 1.165) is 0 Å². The Bertz CT molecular complexity index is 415. The number of hydrogen-bond donors (Lipinski definition) is 0. The topological polar surface area (TPSA) is 44.1 Å². The monoisotopic (exact) mass is 244 g/mol. The van der Waals surface area contributed by atoms with Crippen LogP contribution >= 0.6 is 11.6 Å². The fourth-order valence-corrected chi connectivity index (χ4v) is 1.63. The highest BCUT2D eigenvalue weighted by molar-refractivity contribution is 6.29. The Morgan fingerprint density at radius 3 is 2.62 bits per heavy atom. The number of nitrogens with zero attached hydrogens (tertiary/aromatic N) is 2. The summed E-state index contributed by atoms with van der Waals surface area (Å²) in [6.45, 7) is 6.36. The number of hydrogen-bond acceptors (Lipinski definition) is 3. The average molecular weight is 245 g/mol. The van der Waals surface area contributed by atoms with Crippen LogP contribution in [0.25, 0.3) is 0 Å². The van der Waals surface area contributed by atoms with E-state index in [-0.39, 0.29) is 22.7 Å². The number of methoxy groups -OCH3 is 1. The van der Waals surface area contributed by atoms with Crippen LogP contribution in [0.4, 0.5) is 0 Å². The molecule has 1 atom stereocenters. The highest BCUT2D eigenvalue weighted by Gasteiger charge is 2.13. The van der Waals surface area contributed by atoms with Crippen molar-refractivity contribution in [3.8, 4) is 0 Å². The third kappa shape index (κ3) is 3.06. The molecule has 1 aromatic heterocycles. The molecule has 0 fully saturated rings. The van der Waals surface area contributed by atoms with Crippen LogP contribution in [0.15, 0.2) is 10.9 Å². The predicted octanol–water partition coefficient (Wildman–Crippen LogP) is 2.06. The summed E-state index contributed by atoms with van der Waals surface area (Å²) < 4.78 is 6.77. The standard InChI is InChI=1S/C11H17ClN2O2/c1-7(2)11-13-9(12)5-10(15)14(11)6-8(3)16-4/h5,7-8H,6H2,1-4H3. The Labute approximate surface area is 100 Å². The van der Waals surface area contributed by atoms with Gasteiger partial charge in [-0.05, 0) is 6.92 Å². The quantitative estimate of drug-likeness (QED) is 0.762. The molecule has 4 nitrogen and oxygen atoms in total. The van der Waals surface area contributed by atoms with Crippen molar-refractivity contribution in [2.75, 3.05) is 7.11 Å². The second-order valence-corrected chi connectivity index (χ2v) is 4.47. The maximum Gasteiger partial charge on any atom is 0.255 e. The van der Waals surface area contributed by atoms with Crippen molar-refractivity contribution in [1.29, 1.82) is 0 Å². The Hall–Kier alpha value is -0.870. The van der Waals surface area contributed by atoms with Crippen molar-refractivity contribution >= 4 is 11.6 Å². The van der Waals surface area contributed by atoms with Gasteiger partial charge < -0.3 is 4.74 Å². The molecule has 0 aliphatic carbocycles. The summed E-state index contributed by atoms with van der Waals surface area (Å²) in [6.07, 6.45) is -0.0295. The third-order valence-electron chi connectivity index (χ3n) is 2.36. The molecule has 16 heavy (non-hydrogen) atoms. The lowest BCUT2D eigenvalue weighted by Gasteiger charge is -2.17. The van der Waals surface area contributed by atoms with Gasteiger partial charge in [0.25, 0.3) is 5.56 Å². The summed E-state index contributed by atoms with van der Waals surface area (Å²) in [5.41, 5.74) is -0.132. The predicted molar refractivity (Wildman–Crippen MR) is 64.1 cm³/mol. The fraction of sp³-hybridized carbons (Fsp3) is 0.636. The minimum atomic E-state index is -0.132. The van der Waals surface area contributed by atoms with Crippen LogP contribution in [0, 0.1) is 0 Å². The van der Waals surface area contributed by atoms with Crippen molar-refractivity contribution in [3.63, 3.8) is 0 Å². The van der Waals surface area contributed by atoms with E-state index < -0.39 is 0 Å². The minimum absolute atomic E-state index is 0.0295. The highest BCUT2D eigenvalue weighted by atomic mass is 35.5. The van der Waals surface area contributed by atoms with Gasteiger partial charge in [0.2, 0.25) is 0 Å². The van der Waals surface area contributed by atoms with E-state index in [4.69, 9.17) is 16.3 Å². The summed E-state index contributed by atoms with van der Waals surface area (Å²) >= 11 is 5.78. The normalized spacial score (nSPS) is 13.1. The lowest BCUT2D eigenvalue weighted by Crippen LogP contribution is -2.30. The summed E-state index contributed by atoms with van der Waals surface area (Å²) in [7, 11) is 1.62. The van der Waals surface area contributed by atoms with Crippen molar-refractivity contribution < 1.29 is 4.74 Å². The second-order valence-electron chi connectivity index (χ2n) is 4.09. The number of halogens is 1. The number of ether oxygens (including phenoxy) is 1. The molecule has 1 heterocycles. The number of aromatic nitrogens is 2. The molecule has 1 rings (SSSR count). The SMILES string of the molecule is COC(C)Cn1c(C(C)C)nc(Cl)cc1=O. The van der Waals surface area contributed by atoms with Gasteiger partial charge in [0.15, 0.2) is 0 Å². The van der Waals surface area contributed by atoms with E-state index in [1.165, 1.54) is 6.07 Å². The highest BCUT2D eigenvalue weighted by Crippen LogP contribution is 2.13. The van der Waals surface area contributed by atoms with Crippen LogP contribution in [0.1, 0.15) is 32.5 Å². The average Bonchev–Trinajstić information content (AvgIpc) is 2.20. The van der Waals surface area contributed by atoms with Crippen LogP contribution in [0.3, 0.4) is 0 Å². The molecule has 0 saturated carbocycles. The molecule has 1 unspecified atom stereocenters. The first-order valence-electron chi connectivity index (χ1n) is 5.25. The van der Waals surface area contributed by atoms with Crippen LogP contribution in [0.2, 0.25) is 5.15 Å². The summed E-state index contributed by atoms with van der Waals surface area (Å²) in [6, 6.07) is 1.33. The molecule has 0 spiro atoms. The molecule has 0 amide bonds. The number of rotatable bonds is 4. The van der Waals surface area contributed by atoms with E-state index in [9.17, 15) is 4.79 Å². The molecule has 0 saturated heterocycles. The smallest absolute Gasteiger partial charge is 0.255 e. The van der Waals surface area contributed by atoms with Crippen molar-refractivity contribution in [2.45, 2.75) is 39.3 Å². The Balaban J connectivity index is 3.19. The molecule has 0 bridgehead atoms. The molecular formula is C11H17ClN2O2. The first-order valence-corrected chi connectivity index (χ1v) is 5.63. The molecule has 1 aromatic rings. The molecule has 0 aliphatic heterocycles. The molecule has 0 radical (unpaired) electrons. The lowest BCUT2D eigenvalue weighted by molar-refractivity contribution is 0.101. The molecule has 5 heteroatoms. The van der Waals surface area contributed by atoms with E-state index in [2.05, 4.69) is 4.98 Å². The Morgan fingerprint density at radius 2 is 2.12 bits per heavy atom. The van der Waals surface area contributed by atoms with E-state index in [1.807, 2.05) is 20.8 Å². The minimum Gasteiger partial charge on any atom is -0.380 e. The summed E-state index contributed by atoms with van der Waals surface area (Å²) in [4.78, 5) is 16.0. The van der Waals surface area contributed by atoms with Gasteiger partial charge in [-0.2, -0.15) is 0 Å². The maximum atomic E-state index is 11.8. The van der Waals surface area contributed by atoms with E-state index in [1.54, 1.807) is 11.7 Å². The van der Waals surface area contributed by atoms with Gasteiger partial charge in [0.1, 0.15) is 11.0 Å². The van der Waals surface area contributed by atoms with Crippen LogP contribution in [0.5, 0.6) is 0 Å². The van der Waals surface area contributed by atoms with Gasteiger partial charge in [0, 0.05) is 19.1 Å². The molecular weight excluding hydrogens is 228 g/mol. The zero-order chi connectivity index (χ0) is 12.3. The van der Waals surface area contributed by atoms with Gasteiger partial charge in [-0.15, -0.1) is 0 Å². The van der Waals surface area contributed by atoms with Gasteiger partial charge >= 0.3 is 0 Å².